The summed E-state index contributed by atoms with van der Waals surface area (Å²) in [5, 5.41) is 5.70. The monoisotopic (exact) mass is 463 g/mol. The Hall–Kier alpha value is -2.42. The summed E-state index contributed by atoms with van der Waals surface area (Å²) in [6, 6.07) is 10.7. The van der Waals surface area contributed by atoms with Gasteiger partial charge in [0.05, 0.1) is 15.6 Å². The largest absolute Gasteiger partial charge is 0.326 e. The Bertz CT molecular complexity index is 1090. The number of carbonyl (C=O) groups is 2. The number of benzene rings is 2. The Labute approximate surface area is 187 Å². The second-order valence-corrected chi connectivity index (χ2v) is 9.84. The highest BCUT2D eigenvalue weighted by Gasteiger charge is 2.31. The highest BCUT2D eigenvalue weighted by Crippen LogP contribution is 2.28. The van der Waals surface area contributed by atoms with Crippen molar-refractivity contribution in [3.8, 4) is 0 Å². The van der Waals surface area contributed by atoms with Gasteiger partial charge >= 0.3 is 0 Å². The lowest BCUT2D eigenvalue weighted by Gasteiger charge is -2.32. The van der Waals surface area contributed by atoms with Crippen LogP contribution in [-0.2, 0) is 14.8 Å². The molecule has 2 aromatic rings. The molecule has 2 aromatic carbocycles. The molecule has 1 aliphatic heterocycles. The first-order valence-electron chi connectivity index (χ1n) is 10.2. The van der Waals surface area contributed by atoms with Gasteiger partial charge in [-0.3, -0.25) is 9.59 Å². The predicted octanol–water partition coefficient (Wildman–Crippen LogP) is 4.50. The molecule has 166 valence electrons. The lowest BCUT2D eigenvalue weighted by atomic mass is 10.1. The highest BCUT2D eigenvalue weighted by atomic mass is 35.5. The second-order valence-electron chi connectivity index (χ2n) is 7.54. The first-order chi connectivity index (χ1) is 14.7. The minimum atomic E-state index is -3.69. The normalized spacial score (nSPS) is 17.2. The Morgan fingerprint density at radius 3 is 2.61 bits per heavy atom. The van der Waals surface area contributed by atoms with E-state index in [0.717, 1.165) is 19.3 Å². The van der Waals surface area contributed by atoms with Crippen molar-refractivity contribution in [1.82, 2.24) is 4.31 Å². The Morgan fingerprint density at radius 2 is 1.90 bits per heavy atom. The fourth-order valence-corrected chi connectivity index (χ4v) is 5.42. The van der Waals surface area contributed by atoms with Gasteiger partial charge in [0.15, 0.2) is 0 Å². The number of nitrogens with zero attached hydrogens (tertiary/aromatic N) is 1. The molecule has 9 heteroatoms. The lowest BCUT2D eigenvalue weighted by molar-refractivity contribution is -0.115. The van der Waals surface area contributed by atoms with Crippen LogP contribution >= 0.6 is 11.6 Å². The van der Waals surface area contributed by atoms with Crippen molar-refractivity contribution in [3.63, 3.8) is 0 Å². The first kappa shape index (κ1) is 23.2. The number of hydrogen-bond donors (Lipinski definition) is 2. The third kappa shape index (κ3) is 5.44. The van der Waals surface area contributed by atoms with Crippen LogP contribution in [0.5, 0.6) is 0 Å². The van der Waals surface area contributed by atoms with E-state index < -0.39 is 15.9 Å². The smallest absolute Gasteiger partial charge is 0.255 e. The quantitative estimate of drug-likeness (QED) is 0.659. The number of hydrogen-bond acceptors (Lipinski definition) is 4. The van der Waals surface area contributed by atoms with Gasteiger partial charge < -0.3 is 10.6 Å². The van der Waals surface area contributed by atoms with E-state index in [1.165, 1.54) is 16.4 Å². The van der Waals surface area contributed by atoms with Crippen molar-refractivity contribution in [2.75, 3.05) is 17.2 Å². The molecule has 2 amide bonds. The molecule has 3 rings (SSSR count). The van der Waals surface area contributed by atoms with Crippen LogP contribution < -0.4 is 10.6 Å². The minimum absolute atomic E-state index is 0.0730. The molecule has 0 aromatic heterocycles. The van der Waals surface area contributed by atoms with Gasteiger partial charge in [-0.2, -0.15) is 4.31 Å². The summed E-state index contributed by atoms with van der Waals surface area (Å²) in [5.41, 5.74) is 1.02. The zero-order chi connectivity index (χ0) is 22.6. The fourth-order valence-electron chi connectivity index (χ4n) is 3.50. The van der Waals surface area contributed by atoms with Crippen LogP contribution in [0.4, 0.5) is 11.4 Å². The van der Waals surface area contributed by atoms with E-state index in [0.29, 0.717) is 29.4 Å². The second kappa shape index (κ2) is 9.80. The summed E-state index contributed by atoms with van der Waals surface area (Å²) in [4.78, 5) is 24.5. The summed E-state index contributed by atoms with van der Waals surface area (Å²) >= 11 is 6.19. The Kier molecular flexibility index (Phi) is 7.35. The maximum Gasteiger partial charge on any atom is 0.255 e. The van der Waals surface area contributed by atoms with Crippen LogP contribution in [0.25, 0.3) is 0 Å². The third-order valence-corrected chi connectivity index (χ3v) is 7.60. The third-order valence-electron chi connectivity index (χ3n) is 5.26. The van der Waals surface area contributed by atoms with E-state index in [1.807, 2.05) is 6.92 Å². The van der Waals surface area contributed by atoms with Crippen molar-refractivity contribution in [2.24, 2.45) is 0 Å². The molecule has 1 unspecified atom stereocenters. The summed E-state index contributed by atoms with van der Waals surface area (Å²) < 4.78 is 27.7. The number of rotatable bonds is 6. The molecule has 0 aliphatic carbocycles. The number of nitrogens with one attached hydrogen (secondary N) is 2. The average molecular weight is 464 g/mol. The van der Waals surface area contributed by atoms with E-state index in [4.69, 9.17) is 11.6 Å². The highest BCUT2D eigenvalue weighted by molar-refractivity contribution is 7.89. The van der Waals surface area contributed by atoms with Gasteiger partial charge in [-0.1, -0.05) is 31.0 Å². The standard InChI is InChI=1S/C22H26ClN3O4S/c1-3-21(27)24-17-10-11-19(23)20(14-17)25-22(28)16-8-6-9-18(13-16)31(29,30)26-12-5-4-7-15(26)2/h6,8-11,13-15H,3-5,7,12H2,1-2H3,(H,24,27)(H,25,28). The van der Waals surface area contributed by atoms with E-state index in [2.05, 4.69) is 10.6 Å². The molecule has 0 spiro atoms. The molecule has 0 saturated carbocycles. The van der Waals surface area contributed by atoms with Crippen LogP contribution in [0.1, 0.15) is 49.9 Å². The molecule has 0 bridgehead atoms. The van der Waals surface area contributed by atoms with Crippen LogP contribution in [0.3, 0.4) is 0 Å². The number of anilines is 2. The number of carbonyl (C=O) groups excluding carboxylic acids is 2. The minimum Gasteiger partial charge on any atom is -0.326 e. The van der Waals surface area contributed by atoms with E-state index in [9.17, 15) is 18.0 Å². The van der Waals surface area contributed by atoms with Crippen molar-refractivity contribution in [1.29, 1.82) is 0 Å². The van der Waals surface area contributed by atoms with Crippen molar-refractivity contribution < 1.29 is 18.0 Å². The Balaban J connectivity index is 1.82. The molecule has 0 radical (unpaired) electrons. The number of amides is 2. The van der Waals surface area contributed by atoms with E-state index in [-0.39, 0.29) is 22.4 Å². The molecular formula is C22H26ClN3O4S. The maximum absolute atomic E-state index is 13.1. The van der Waals surface area contributed by atoms with Gasteiger partial charge in [0.25, 0.3) is 5.91 Å². The predicted molar refractivity (Wildman–Crippen MR) is 122 cm³/mol. The zero-order valence-electron chi connectivity index (χ0n) is 17.5. The fraction of sp³-hybridized carbons (Fsp3) is 0.364. The molecular weight excluding hydrogens is 438 g/mol. The van der Waals surface area contributed by atoms with Crippen LogP contribution in [-0.4, -0.2) is 37.1 Å². The molecule has 1 aliphatic rings. The van der Waals surface area contributed by atoms with E-state index >= 15 is 0 Å². The SMILES string of the molecule is CCC(=O)Nc1ccc(Cl)c(NC(=O)c2cccc(S(=O)(=O)N3CCCCC3C)c2)c1. The zero-order valence-corrected chi connectivity index (χ0v) is 19.1. The Morgan fingerprint density at radius 1 is 1.13 bits per heavy atom. The summed E-state index contributed by atoms with van der Waals surface area (Å²) in [6.07, 6.45) is 2.98. The van der Waals surface area contributed by atoms with Gasteiger partial charge in [-0.25, -0.2) is 8.42 Å². The molecule has 1 saturated heterocycles. The molecule has 2 N–H and O–H groups in total. The molecule has 1 atom stereocenters. The van der Waals surface area contributed by atoms with E-state index in [1.54, 1.807) is 37.3 Å². The topological polar surface area (TPSA) is 95.6 Å². The lowest BCUT2D eigenvalue weighted by Crippen LogP contribution is -2.41. The van der Waals surface area contributed by atoms with Gasteiger partial charge in [-0.05, 0) is 56.2 Å². The summed E-state index contributed by atoms with van der Waals surface area (Å²) in [5.74, 6) is -0.658. The maximum atomic E-state index is 13.1. The van der Waals surface area contributed by atoms with Crippen LogP contribution in [0.2, 0.25) is 5.02 Å². The van der Waals surface area contributed by atoms with Gasteiger partial charge in [0, 0.05) is 30.3 Å². The molecule has 31 heavy (non-hydrogen) atoms. The molecule has 1 heterocycles. The molecule has 7 nitrogen and oxygen atoms in total. The van der Waals surface area contributed by atoms with Crippen molar-refractivity contribution in [3.05, 3.63) is 53.1 Å². The van der Waals surface area contributed by atoms with Crippen molar-refractivity contribution >= 4 is 44.8 Å². The van der Waals surface area contributed by atoms with Gasteiger partial charge in [0.1, 0.15) is 0 Å². The van der Waals surface area contributed by atoms with Crippen LogP contribution in [0.15, 0.2) is 47.4 Å². The summed E-state index contributed by atoms with van der Waals surface area (Å²) in [6.45, 7) is 4.12. The summed E-state index contributed by atoms with van der Waals surface area (Å²) in [7, 11) is -3.69. The molecule has 1 fully saturated rings. The number of halogens is 1. The van der Waals surface area contributed by atoms with Crippen molar-refractivity contribution in [2.45, 2.75) is 50.5 Å². The van der Waals surface area contributed by atoms with Crippen LogP contribution in [0, 0.1) is 0 Å². The first-order valence-corrected chi connectivity index (χ1v) is 12.1. The average Bonchev–Trinajstić information content (AvgIpc) is 2.76. The van der Waals surface area contributed by atoms with Gasteiger partial charge in [0.2, 0.25) is 15.9 Å². The number of piperidine rings is 1. The van der Waals surface area contributed by atoms with Gasteiger partial charge in [-0.15, -0.1) is 0 Å². The number of sulfonamides is 1.